The van der Waals surface area contributed by atoms with E-state index in [4.69, 9.17) is 4.74 Å². The van der Waals surface area contributed by atoms with Crippen LogP contribution < -0.4 is 4.74 Å². The van der Waals surface area contributed by atoms with Crippen molar-refractivity contribution >= 4 is 11.9 Å². The average molecular weight is 321 g/mol. The van der Waals surface area contributed by atoms with Gasteiger partial charge in [-0.05, 0) is 42.2 Å². The minimum absolute atomic E-state index is 0.0474. The van der Waals surface area contributed by atoms with Crippen molar-refractivity contribution in [3.8, 4) is 5.75 Å². The smallest absolute Gasteiger partial charge is 0.325 e. The van der Waals surface area contributed by atoms with Crippen molar-refractivity contribution in [1.82, 2.24) is 4.90 Å². The van der Waals surface area contributed by atoms with Crippen molar-refractivity contribution in [2.75, 3.05) is 26.8 Å². The number of esters is 1. The van der Waals surface area contributed by atoms with Crippen molar-refractivity contribution in [1.29, 1.82) is 0 Å². The van der Waals surface area contributed by atoms with E-state index in [0.717, 1.165) is 5.56 Å². The lowest BCUT2D eigenvalue weighted by Gasteiger charge is -2.27. The first-order chi connectivity index (χ1) is 11.1. The summed E-state index contributed by atoms with van der Waals surface area (Å²) in [6, 6.07) is 5.17. The summed E-state index contributed by atoms with van der Waals surface area (Å²) in [6.45, 7) is 2.45. The fourth-order valence-electron chi connectivity index (χ4n) is 2.36. The molecule has 0 spiro atoms. The van der Waals surface area contributed by atoms with Crippen LogP contribution in [0.4, 0.5) is 4.39 Å². The largest absolute Gasteiger partial charge is 0.489 e. The van der Waals surface area contributed by atoms with Crippen molar-refractivity contribution in [3.05, 3.63) is 41.2 Å². The number of hydrogen-bond donors (Lipinski definition) is 0. The highest BCUT2D eigenvalue weighted by Crippen LogP contribution is 2.24. The average Bonchev–Trinajstić information content (AvgIpc) is 2.58. The fraction of sp³-hybridized carbons (Fsp3) is 0.412. The van der Waals surface area contributed by atoms with E-state index in [-0.39, 0.29) is 19.1 Å². The first-order valence-electron chi connectivity index (χ1n) is 7.49. The zero-order valence-electron chi connectivity index (χ0n) is 13.3. The van der Waals surface area contributed by atoms with Crippen molar-refractivity contribution in [2.24, 2.45) is 0 Å². The van der Waals surface area contributed by atoms with Gasteiger partial charge < -0.3 is 14.4 Å². The second-order valence-electron chi connectivity index (χ2n) is 5.28. The normalized spacial score (nSPS) is 14.5. The molecule has 0 bridgehead atoms. The Morgan fingerprint density at radius 2 is 2.22 bits per heavy atom. The van der Waals surface area contributed by atoms with Gasteiger partial charge in [0.25, 0.3) is 5.91 Å². The molecular formula is C17H20FNO4. The predicted octanol–water partition coefficient (Wildman–Crippen LogP) is 2.50. The van der Waals surface area contributed by atoms with E-state index >= 15 is 0 Å². The number of hydrogen-bond acceptors (Lipinski definition) is 4. The van der Waals surface area contributed by atoms with Crippen molar-refractivity contribution in [3.63, 3.8) is 0 Å². The molecule has 2 rings (SSSR count). The number of carbonyl (C=O) groups excluding carboxylic acids is 2. The predicted molar refractivity (Wildman–Crippen MR) is 83.0 cm³/mol. The maximum absolute atomic E-state index is 12.5. The number of ether oxygens (including phenoxy) is 2. The van der Waals surface area contributed by atoms with E-state index in [1.807, 2.05) is 6.92 Å². The lowest BCUT2D eigenvalue weighted by molar-refractivity contribution is -0.141. The van der Waals surface area contributed by atoms with Crippen LogP contribution in [0.1, 0.15) is 29.3 Å². The Bertz CT molecular complexity index is 627. The molecule has 0 fully saturated rings. The zero-order valence-corrected chi connectivity index (χ0v) is 13.3. The lowest BCUT2D eigenvalue weighted by Crippen LogP contribution is -2.41. The molecule has 0 saturated heterocycles. The molecule has 1 aromatic rings. The Kier molecular flexibility index (Phi) is 5.73. The summed E-state index contributed by atoms with van der Waals surface area (Å²) in [5.74, 6) is -0.0290. The second kappa shape index (κ2) is 7.76. The standard InChI is InChI=1S/C17H20FNO4/c1-3-12(9-18)11-23-14-4-5-15-13(8-14)6-7-19(17(15)21)10-16(20)22-2/h4-5,8-9H,3,6-7,10-11H2,1-2H3/b12-9+. The summed E-state index contributed by atoms with van der Waals surface area (Å²) in [5.41, 5.74) is 2.00. The van der Waals surface area contributed by atoms with Gasteiger partial charge in [0.1, 0.15) is 18.9 Å². The maximum Gasteiger partial charge on any atom is 0.325 e. The Balaban J connectivity index is 2.08. The van der Waals surface area contributed by atoms with Crippen LogP contribution in [-0.4, -0.2) is 43.6 Å². The molecule has 0 unspecified atom stereocenters. The van der Waals surface area contributed by atoms with E-state index < -0.39 is 5.97 Å². The molecule has 0 atom stereocenters. The minimum atomic E-state index is -0.438. The summed E-state index contributed by atoms with van der Waals surface area (Å²) < 4.78 is 22.7. The van der Waals surface area contributed by atoms with Gasteiger partial charge in [0.15, 0.2) is 0 Å². The molecule has 1 amide bonds. The Hall–Kier alpha value is -2.37. The molecule has 0 N–H and O–H groups in total. The van der Waals surface area contributed by atoms with Crippen molar-refractivity contribution in [2.45, 2.75) is 19.8 Å². The molecular weight excluding hydrogens is 301 g/mol. The number of nitrogens with zero attached hydrogens (tertiary/aromatic N) is 1. The highest BCUT2D eigenvalue weighted by atomic mass is 19.1. The molecule has 1 aromatic carbocycles. The monoisotopic (exact) mass is 321 g/mol. The fourth-order valence-corrected chi connectivity index (χ4v) is 2.36. The molecule has 0 radical (unpaired) electrons. The van der Waals surface area contributed by atoms with Gasteiger partial charge in [-0.15, -0.1) is 0 Å². The van der Waals surface area contributed by atoms with Gasteiger partial charge in [0.05, 0.1) is 13.4 Å². The minimum Gasteiger partial charge on any atom is -0.489 e. The number of fused-ring (bicyclic) bond motifs is 1. The molecule has 0 aliphatic carbocycles. The highest BCUT2D eigenvalue weighted by molar-refractivity contribution is 5.98. The van der Waals surface area contributed by atoms with Gasteiger partial charge in [-0.3, -0.25) is 9.59 Å². The SMILES string of the molecule is CC/C(=C\F)COc1ccc2c(c1)CCN(CC(=O)OC)C2=O. The Morgan fingerprint density at radius 1 is 1.43 bits per heavy atom. The van der Waals surface area contributed by atoms with Crippen LogP contribution in [0.5, 0.6) is 5.75 Å². The third-order valence-electron chi connectivity index (χ3n) is 3.83. The summed E-state index contributed by atoms with van der Waals surface area (Å²) in [5, 5.41) is 0. The zero-order chi connectivity index (χ0) is 16.8. The molecule has 1 aliphatic heterocycles. The van der Waals surface area contributed by atoms with Crippen LogP contribution in [0, 0.1) is 0 Å². The molecule has 124 valence electrons. The number of rotatable bonds is 6. The number of methoxy groups -OCH3 is 1. The number of amides is 1. The Labute approximate surface area is 134 Å². The quantitative estimate of drug-likeness (QED) is 0.756. The topological polar surface area (TPSA) is 55.8 Å². The van der Waals surface area contributed by atoms with Crippen LogP contribution in [0.25, 0.3) is 0 Å². The summed E-state index contributed by atoms with van der Waals surface area (Å²) in [4.78, 5) is 25.2. The summed E-state index contributed by atoms with van der Waals surface area (Å²) in [7, 11) is 1.30. The third kappa shape index (κ3) is 4.09. The van der Waals surface area contributed by atoms with Gasteiger partial charge >= 0.3 is 5.97 Å². The first-order valence-corrected chi connectivity index (χ1v) is 7.49. The third-order valence-corrected chi connectivity index (χ3v) is 3.83. The van der Waals surface area contributed by atoms with E-state index in [1.54, 1.807) is 18.2 Å². The van der Waals surface area contributed by atoms with Gasteiger partial charge in [0, 0.05) is 12.1 Å². The molecule has 1 heterocycles. The van der Waals surface area contributed by atoms with Crippen LogP contribution in [0.15, 0.2) is 30.1 Å². The lowest BCUT2D eigenvalue weighted by atomic mass is 9.98. The molecule has 5 nitrogen and oxygen atoms in total. The van der Waals surface area contributed by atoms with Crippen LogP contribution in [0.2, 0.25) is 0 Å². The first kappa shape index (κ1) is 17.0. The van der Waals surface area contributed by atoms with E-state index in [1.165, 1.54) is 12.0 Å². The second-order valence-corrected chi connectivity index (χ2v) is 5.28. The Morgan fingerprint density at radius 3 is 2.87 bits per heavy atom. The van der Waals surface area contributed by atoms with Gasteiger partial charge in [0.2, 0.25) is 0 Å². The highest BCUT2D eigenvalue weighted by Gasteiger charge is 2.26. The molecule has 6 heteroatoms. The van der Waals surface area contributed by atoms with Crippen LogP contribution >= 0.6 is 0 Å². The van der Waals surface area contributed by atoms with E-state index in [0.29, 0.717) is 42.6 Å². The summed E-state index contributed by atoms with van der Waals surface area (Å²) >= 11 is 0. The van der Waals surface area contributed by atoms with Crippen LogP contribution in [0.3, 0.4) is 0 Å². The number of benzene rings is 1. The number of carbonyl (C=O) groups is 2. The molecule has 0 saturated carbocycles. The van der Waals surface area contributed by atoms with Crippen molar-refractivity contribution < 1.29 is 23.5 Å². The molecule has 23 heavy (non-hydrogen) atoms. The van der Waals surface area contributed by atoms with E-state index in [9.17, 15) is 14.0 Å². The van der Waals surface area contributed by atoms with E-state index in [2.05, 4.69) is 4.74 Å². The van der Waals surface area contributed by atoms with Gasteiger partial charge in [-0.25, -0.2) is 4.39 Å². The number of halogens is 1. The summed E-state index contributed by atoms with van der Waals surface area (Å²) in [6.07, 6.45) is 1.78. The molecule has 1 aliphatic rings. The molecule has 0 aromatic heterocycles. The maximum atomic E-state index is 12.5. The van der Waals surface area contributed by atoms with Crippen LogP contribution in [-0.2, 0) is 16.0 Å². The van der Waals surface area contributed by atoms with Gasteiger partial charge in [-0.1, -0.05) is 6.92 Å². The van der Waals surface area contributed by atoms with Gasteiger partial charge in [-0.2, -0.15) is 0 Å².